The number of fused-ring (bicyclic) bond motifs is 1. The third kappa shape index (κ3) is 4.06. The Labute approximate surface area is 195 Å². The van der Waals surface area contributed by atoms with Crippen LogP contribution in [0.5, 0.6) is 5.75 Å². The van der Waals surface area contributed by atoms with E-state index < -0.39 is 23.5 Å². The normalized spacial score (nSPS) is 21.9. The molecule has 1 spiro atoms. The van der Waals surface area contributed by atoms with Gasteiger partial charge in [0.2, 0.25) is 0 Å². The van der Waals surface area contributed by atoms with Gasteiger partial charge < -0.3 is 20.1 Å². The Morgan fingerprint density at radius 2 is 2.00 bits per heavy atom. The standard InChI is InChI=1S/C25H24N4O5/c1-15-12-17(19-4-2-3-5-20(19)26-15)13-34-18-8-6-16(7-9-18)22(30)27-21-10-11-33-14-25(21)23(31)28-24(32)29-25/h2-9,12,21H,10-11,13-14H2,1H3,(H,27,30)(H2,28,29,31,32)/t21-,25-/m0/s1. The summed E-state index contributed by atoms with van der Waals surface area (Å²) < 4.78 is 11.4. The van der Waals surface area contributed by atoms with E-state index in [1.54, 1.807) is 24.3 Å². The van der Waals surface area contributed by atoms with Crippen molar-refractivity contribution in [3.05, 3.63) is 71.4 Å². The number of imide groups is 1. The third-order valence-corrected chi connectivity index (χ3v) is 6.19. The molecule has 1 aromatic heterocycles. The monoisotopic (exact) mass is 460 g/mol. The first-order valence-corrected chi connectivity index (χ1v) is 11.0. The Balaban J connectivity index is 1.26. The van der Waals surface area contributed by atoms with Crippen molar-refractivity contribution in [2.45, 2.75) is 31.5 Å². The van der Waals surface area contributed by atoms with Gasteiger partial charge in [0.1, 0.15) is 12.4 Å². The predicted molar refractivity (Wildman–Crippen MR) is 123 cm³/mol. The highest BCUT2D eigenvalue weighted by molar-refractivity contribution is 6.08. The zero-order valence-electron chi connectivity index (χ0n) is 18.6. The maximum Gasteiger partial charge on any atom is 0.322 e. The number of carbonyl (C=O) groups excluding carboxylic acids is 3. The number of urea groups is 1. The molecular formula is C25H24N4O5. The van der Waals surface area contributed by atoms with Crippen molar-refractivity contribution < 1.29 is 23.9 Å². The lowest BCUT2D eigenvalue weighted by Gasteiger charge is -2.38. The summed E-state index contributed by atoms with van der Waals surface area (Å²) >= 11 is 0. The molecule has 9 heteroatoms. The Hall–Kier alpha value is -3.98. The Morgan fingerprint density at radius 1 is 1.21 bits per heavy atom. The molecule has 3 N–H and O–H groups in total. The van der Waals surface area contributed by atoms with Gasteiger partial charge in [0.05, 0.1) is 18.2 Å². The van der Waals surface area contributed by atoms with Gasteiger partial charge in [-0.3, -0.25) is 19.9 Å². The minimum Gasteiger partial charge on any atom is -0.489 e. The predicted octanol–water partition coefficient (Wildman–Crippen LogP) is 2.22. The van der Waals surface area contributed by atoms with E-state index in [4.69, 9.17) is 9.47 Å². The second kappa shape index (κ2) is 8.75. The molecule has 0 bridgehead atoms. The second-order valence-corrected chi connectivity index (χ2v) is 8.50. The van der Waals surface area contributed by atoms with E-state index in [-0.39, 0.29) is 12.5 Å². The van der Waals surface area contributed by atoms with Gasteiger partial charge in [-0.25, -0.2) is 4.79 Å². The fraction of sp³-hybridized carbons (Fsp3) is 0.280. The average Bonchev–Trinajstić information content (AvgIpc) is 3.12. The number of ether oxygens (including phenoxy) is 2. The fourth-order valence-corrected chi connectivity index (χ4v) is 4.45. The van der Waals surface area contributed by atoms with Crippen LogP contribution >= 0.6 is 0 Å². The maximum atomic E-state index is 12.9. The largest absolute Gasteiger partial charge is 0.489 e. The lowest BCUT2D eigenvalue weighted by atomic mass is 9.86. The van der Waals surface area contributed by atoms with E-state index in [1.165, 1.54) is 0 Å². The van der Waals surface area contributed by atoms with Gasteiger partial charge in [0.25, 0.3) is 11.8 Å². The number of para-hydroxylation sites is 1. The zero-order chi connectivity index (χ0) is 23.7. The van der Waals surface area contributed by atoms with Crippen molar-refractivity contribution in [1.82, 2.24) is 20.9 Å². The molecular weight excluding hydrogens is 436 g/mol. The molecule has 0 radical (unpaired) electrons. The molecule has 2 aliphatic rings. The van der Waals surface area contributed by atoms with Crippen LogP contribution in [0, 0.1) is 6.92 Å². The number of hydrogen-bond donors (Lipinski definition) is 3. The van der Waals surface area contributed by atoms with Crippen LogP contribution in [0.25, 0.3) is 10.9 Å². The van der Waals surface area contributed by atoms with Gasteiger partial charge in [0.15, 0.2) is 5.54 Å². The fourth-order valence-electron chi connectivity index (χ4n) is 4.45. The van der Waals surface area contributed by atoms with Gasteiger partial charge in [-0.2, -0.15) is 0 Å². The summed E-state index contributed by atoms with van der Waals surface area (Å²) in [5.41, 5.74) is 2.00. The molecule has 2 saturated heterocycles. The van der Waals surface area contributed by atoms with Gasteiger partial charge in [-0.05, 0) is 49.7 Å². The van der Waals surface area contributed by atoms with Crippen LogP contribution in [-0.2, 0) is 16.1 Å². The Kier molecular flexibility index (Phi) is 5.62. The summed E-state index contributed by atoms with van der Waals surface area (Å²) in [6.07, 6.45) is 0.403. The van der Waals surface area contributed by atoms with Crippen LogP contribution in [0.2, 0.25) is 0 Å². The van der Waals surface area contributed by atoms with Crippen molar-refractivity contribution in [1.29, 1.82) is 0 Å². The molecule has 34 heavy (non-hydrogen) atoms. The molecule has 2 aliphatic heterocycles. The molecule has 2 aromatic carbocycles. The van der Waals surface area contributed by atoms with E-state index in [9.17, 15) is 14.4 Å². The molecule has 3 aromatic rings. The summed E-state index contributed by atoms with van der Waals surface area (Å²) in [6, 6.07) is 15.5. The Morgan fingerprint density at radius 3 is 2.76 bits per heavy atom. The maximum absolute atomic E-state index is 12.9. The molecule has 2 atom stereocenters. The summed E-state index contributed by atoms with van der Waals surface area (Å²) in [7, 11) is 0. The van der Waals surface area contributed by atoms with E-state index >= 15 is 0 Å². The number of carbonyl (C=O) groups is 3. The topological polar surface area (TPSA) is 119 Å². The third-order valence-electron chi connectivity index (χ3n) is 6.19. The van der Waals surface area contributed by atoms with Crippen LogP contribution in [0.3, 0.4) is 0 Å². The lowest BCUT2D eigenvalue weighted by molar-refractivity contribution is -0.130. The molecule has 174 valence electrons. The van der Waals surface area contributed by atoms with Crippen LogP contribution in [-0.4, -0.2) is 47.6 Å². The van der Waals surface area contributed by atoms with Crippen molar-refractivity contribution in [3.8, 4) is 5.75 Å². The van der Waals surface area contributed by atoms with Gasteiger partial charge in [-0.15, -0.1) is 0 Å². The van der Waals surface area contributed by atoms with E-state index in [0.29, 0.717) is 30.9 Å². The molecule has 0 saturated carbocycles. The number of nitrogens with zero attached hydrogens (tertiary/aromatic N) is 1. The number of pyridine rings is 1. The first-order valence-electron chi connectivity index (χ1n) is 11.0. The summed E-state index contributed by atoms with van der Waals surface area (Å²) in [6.45, 7) is 2.71. The average molecular weight is 460 g/mol. The number of aromatic nitrogens is 1. The van der Waals surface area contributed by atoms with Gasteiger partial charge in [-0.1, -0.05) is 18.2 Å². The van der Waals surface area contributed by atoms with Crippen molar-refractivity contribution in [2.75, 3.05) is 13.2 Å². The second-order valence-electron chi connectivity index (χ2n) is 8.50. The molecule has 2 fully saturated rings. The number of aryl methyl sites for hydroxylation is 1. The van der Waals surface area contributed by atoms with Crippen molar-refractivity contribution in [3.63, 3.8) is 0 Å². The summed E-state index contributed by atoms with van der Waals surface area (Å²) in [5, 5.41) is 8.77. The number of rotatable bonds is 5. The van der Waals surface area contributed by atoms with E-state index in [2.05, 4.69) is 20.9 Å². The van der Waals surface area contributed by atoms with E-state index in [0.717, 1.165) is 22.2 Å². The number of hydrogen-bond acceptors (Lipinski definition) is 6. The molecule has 3 heterocycles. The Bertz CT molecular complexity index is 1280. The van der Waals surface area contributed by atoms with Crippen LogP contribution in [0.15, 0.2) is 54.6 Å². The molecule has 9 nitrogen and oxygen atoms in total. The lowest BCUT2D eigenvalue weighted by Crippen LogP contribution is -2.67. The highest BCUT2D eigenvalue weighted by atomic mass is 16.5. The molecule has 0 unspecified atom stereocenters. The van der Waals surface area contributed by atoms with Crippen molar-refractivity contribution >= 4 is 28.7 Å². The van der Waals surface area contributed by atoms with Crippen molar-refractivity contribution in [2.24, 2.45) is 0 Å². The number of benzene rings is 2. The SMILES string of the molecule is Cc1cc(COc2ccc(C(=O)N[C@H]3CCOC[C@]34NC(=O)NC4=O)cc2)c2ccccc2n1. The first-order chi connectivity index (χ1) is 16.4. The highest BCUT2D eigenvalue weighted by Crippen LogP contribution is 2.25. The van der Waals surface area contributed by atoms with Crippen LogP contribution < -0.4 is 20.7 Å². The smallest absolute Gasteiger partial charge is 0.322 e. The first kappa shape index (κ1) is 21.8. The number of amides is 4. The molecule has 5 rings (SSSR count). The van der Waals surface area contributed by atoms with Crippen LogP contribution in [0.1, 0.15) is 28.0 Å². The van der Waals surface area contributed by atoms with Crippen LogP contribution in [0.4, 0.5) is 4.79 Å². The molecule has 0 aliphatic carbocycles. The molecule has 4 amide bonds. The zero-order valence-corrected chi connectivity index (χ0v) is 18.6. The minimum atomic E-state index is -1.29. The summed E-state index contributed by atoms with van der Waals surface area (Å²) in [5.74, 6) is -0.215. The van der Waals surface area contributed by atoms with E-state index in [1.807, 2.05) is 37.3 Å². The minimum absolute atomic E-state index is 0.00542. The van der Waals surface area contributed by atoms with Gasteiger partial charge in [0, 0.05) is 28.8 Å². The summed E-state index contributed by atoms with van der Waals surface area (Å²) in [4.78, 5) is 41.5. The highest BCUT2D eigenvalue weighted by Gasteiger charge is 2.54. The number of nitrogens with one attached hydrogen (secondary N) is 3. The quantitative estimate of drug-likeness (QED) is 0.503. The van der Waals surface area contributed by atoms with Gasteiger partial charge >= 0.3 is 6.03 Å².